The van der Waals surface area contributed by atoms with E-state index in [9.17, 15) is 23.1 Å². The third-order valence-corrected chi connectivity index (χ3v) is 4.52. The molecule has 1 aromatic heterocycles. The van der Waals surface area contributed by atoms with Crippen molar-refractivity contribution in [1.29, 1.82) is 0 Å². The highest BCUT2D eigenvalue weighted by Gasteiger charge is 2.30. The van der Waals surface area contributed by atoms with Gasteiger partial charge in [0.15, 0.2) is 0 Å². The summed E-state index contributed by atoms with van der Waals surface area (Å²) in [5, 5.41) is 13.6. The molecule has 0 amide bonds. The predicted molar refractivity (Wildman–Crippen MR) is 98.1 cm³/mol. The van der Waals surface area contributed by atoms with Gasteiger partial charge in [-0.1, -0.05) is 24.3 Å². The van der Waals surface area contributed by atoms with E-state index in [1.165, 1.54) is 15.3 Å². The number of phenolic OH excluding ortho intramolecular Hbond substituents is 1. The molecule has 0 unspecified atom stereocenters. The molecule has 0 bridgehead atoms. The van der Waals surface area contributed by atoms with Gasteiger partial charge < -0.3 is 5.11 Å². The Kier molecular flexibility index (Phi) is 5.58. The van der Waals surface area contributed by atoms with Crippen LogP contribution < -0.4 is 5.69 Å². The van der Waals surface area contributed by atoms with Gasteiger partial charge in [-0.3, -0.25) is 4.57 Å². The summed E-state index contributed by atoms with van der Waals surface area (Å²) < 4.78 is 41.2. The minimum Gasteiger partial charge on any atom is -0.508 e. The molecule has 0 aliphatic carbocycles. The van der Waals surface area contributed by atoms with Gasteiger partial charge in [-0.25, -0.2) is 9.48 Å². The quantitative estimate of drug-likeness (QED) is 0.699. The van der Waals surface area contributed by atoms with Gasteiger partial charge >= 0.3 is 11.9 Å². The first kappa shape index (κ1) is 19.7. The molecule has 0 atom stereocenters. The van der Waals surface area contributed by atoms with Gasteiger partial charge in [0.05, 0.1) is 12.1 Å². The maximum Gasteiger partial charge on any atom is 0.416 e. The lowest BCUT2D eigenvalue weighted by atomic mass is 10.1. The molecule has 1 N–H and O–H groups in total. The Hall–Kier alpha value is -3.03. The van der Waals surface area contributed by atoms with E-state index in [4.69, 9.17) is 0 Å². The normalized spacial score (nSPS) is 11.7. The fourth-order valence-electron chi connectivity index (χ4n) is 2.99. The van der Waals surface area contributed by atoms with Crippen molar-refractivity contribution in [1.82, 2.24) is 14.3 Å². The molecule has 0 aliphatic heterocycles. The van der Waals surface area contributed by atoms with Gasteiger partial charge in [-0.15, -0.1) is 0 Å². The van der Waals surface area contributed by atoms with Crippen LogP contribution in [0.5, 0.6) is 5.75 Å². The molecule has 3 rings (SSSR count). The number of rotatable bonds is 6. The molecule has 0 saturated carbocycles. The third-order valence-electron chi connectivity index (χ3n) is 4.52. The molecule has 0 fully saturated rings. The van der Waals surface area contributed by atoms with Crippen LogP contribution in [0.4, 0.5) is 13.2 Å². The highest BCUT2D eigenvalue weighted by molar-refractivity contribution is 5.26. The number of hydrogen-bond acceptors (Lipinski definition) is 3. The number of nitrogens with zero attached hydrogens (tertiary/aromatic N) is 3. The number of hydrogen-bond donors (Lipinski definition) is 1. The maximum absolute atomic E-state index is 12.9. The zero-order valence-electron chi connectivity index (χ0n) is 15.3. The molecule has 3 aromatic rings. The Bertz CT molecular complexity index is 1000. The summed E-state index contributed by atoms with van der Waals surface area (Å²) in [4.78, 5) is 12.4. The first-order valence-corrected chi connectivity index (χ1v) is 8.81. The summed E-state index contributed by atoms with van der Waals surface area (Å²) in [6.07, 6.45) is -2.36. The summed E-state index contributed by atoms with van der Waals surface area (Å²) in [7, 11) is 1.61. The number of aromatic nitrogens is 3. The monoisotopic (exact) mass is 391 g/mol. The Labute approximate surface area is 159 Å². The Morgan fingerprint density at radius 1 is 1.04 bits per heavy atom. The number of aromatic hydroxyl groups is 1. The van der Waals surface area contributed by atoms with Crippen LogP contribution in [0.25, 0.3) is 0 Å². The number of halogens is 3. The van der Waals surface area contributed by atoms with Crippen LogP contribution in [-0.2, 0) is 32.6 Å². The summed E-state index contributed by atoms with van der Waals surface area (Å²) in [5.41, 5.74) is 0.317. The molecule has 0 radical (unpaired) electrons. The molecule has 28 heavy (non-hydrogen) atoms. The van der Waals surface area contributed by atoms with Crippen LogP contribution in [0.1, 0.15) is 28.9 Å². The summed E-state index contributed by atoms with van der Waals surface area (Å²) in [5.74, 6) is 0.787. The molecule has 5 nitrogen and oxygen atoms in total. The van der Waals surface area contributed by atoms with Gasteiger partial charge in [0.1, 0.15) is 11.6 Å². The van der Waals surface area contributed by atoms with Crippen molar-refractivity contribution >= 4 is 0 Å². The smallest absolute Gasteiger partial charge is 0.416 e. The van der Waals surface area contributed by atoms with Crippen molar-refractivity contribution in [2.24, 2.45) is 7.05 Å². The average Bonchev–Trinajstić information content (AvgIpc) is 2.91. The lowest BCUT2D eigenvalue weighted by molar-refractivity contribution is -0.137. The largest absolute Gasteiger partial charge is 0.508 e. The molecular weight excluding hydrogens is 371 g/mol. The fraction of sp³-hybridized carbons (Fsp3) is 0.300. The lowest BCUT2D eigenvalue weighted by Gasteiger charge is -2.08. The van der Waals surface area contributed by atoms with Crippen LogP contribution in [0.2, 0.25) is 0 Å². The van der Waals surface area contributed by atoms with Crippen LogP contribution in [0.15, 0.2) is 53.3 Å². The van der Waals surface area contributed by atoms with Crippen molar-refractivity contribution in [3.8, 4) is 5.75 Å². The van der Waals surface area contributed by atoms with Crippen molar-refractivity contribution in [3.05, 3.63) is 81.5 Å². The molecule has 0 saturated heterocycles. The van der Waals surface area contributed by atoms with Gasteiger partial charge in [-0.2, -0.15) is 18.3 Å². The van der Waals surface area contributed by atoms with Crippen LogP contribution in [0, 0.1) is 0 Å². The molecule has 148 valence electrons. The van der Waals surface area contributed by atoms with E-state index in [0.29, 0.717) is 17.8 Å². The van der Waals surface area contributed by atoms with Crippen molar-refractivity contribution in [2.45, 2.75) is 32.0 Å². The SMILES string of the molecule is Cn1c(CCCc2ccc(O)cc2)nn(Cc2cccc(C(F)(F)F)c2)c1=O. The van der Waals surface area contributed by atoms with Crippen LogP contribution in [-0.4, -0.2) is 19.5 Å². The van der Waals surface area contributed by atoms with Gasteiger partial charge in [0.2, 0.25) is 0 Å². The first-order valence-electron chi connectivity index (χ1n) is 8.81. The van der Waals surface area contributed by atoms with E-state index < -0.39 is 11.7 Å². The second-order valence-electron chi connectivity index (χ2n) is 6.63. The Morgan fingerprint density at radius 2 is 1.75 bits per heavy atom. The highest BCUT2D eigenvalue weighted by Crippen LogP contribution is 2.29. The van der Waals surface area contributed by atoms with E-state index in [1.54, 1.807) is 25.2 Å². The lowest BCUT2D eigenvalue weighted by Crippen LogP contribution is -2.24. The summed E-state index contributed by atoms with van der Waals surface area (Å²) >= 11 is 0. The van der Waals surface area contributed by atoms with E-state index in [1.807, 2.05) is 12.1 Å². The first-order chi connectivity index (χ1) is 13.2. The predicted octanol–water partition coefficient (Wildman–Crippen LogP) is 3.53. The fourth-order valence-corrected chi connectivity index (χ4v) is 2.99. The van der Waals surface area contributed by atoms with E-state index in [0.717, 1.165) is 30.5 Å². The van der Waals surface area contributed by atoms with E-state index in [-0.39, 0.29) is 18.0 Å². The van der Waals surface area contributed by atoms with Crippen LogP contribution >= 0.6 is 0 Å². The minimum atomic E-state index is -4.43. The Balaban J connectivity index is 1.69. The molecule has 1 heterocycles. The Morgan fingerprint density at radius 3 is 2.43 bits per heavy atom. The van der Waals surface area contributed by atoms with Gasteiger partial charge in [-0.05, 0) is 48.2 Å². The summed E-state index contributed by atoms with van der Waals surface area (Å²) in [6, 6.07) is 11.8. The molecule has 2 aromatic carbocycles. The second-order valence-corrected chi connectivity index (χ2v) is 6.63. The van der Waals surface area contributed by atoms with Crippen molar-refractivity contribution < 1.29 is 18.3 Å². The molecule has 0 spiro atoms. The topological polar surface area (TPSA) is 60.0 Å². The van der Waals surface area contributed by atoms with Crippen molar-refractivity contribution in [3.63, 3.8) is 0 Å². The maximum atomic E-state index is 12.9. The van der Waals surface area contributed by atoms with Crippen LogP contribution in [0.3, 0.4) is 0 Å². The summed E-state index contributed by atoms with van der Waals surface area (Å²) in [6.45, 7) is -0.0193. The standard InChI is InChI=1S/C20H20F3N3O2/c1-25-18(7-3-4-14-8-10-17(27)11-9-14)24-26(19(25)28)13-15-5-2-6-16(12-15)20(21,22)23/h2,5-6,8-12,27H,3-4,7,13H2,1H3. The zero-order chi connectivity index (χ0) is 20.3. The molecule has 8 heteroatoms. The molecular formula is C20H20F3N3O2. The van der Waals surface area contributed by atoms with Gasteiger partial charge in [0.25, 0.3) is 0 Å². The number of phenols is 1. The van der Waals surface area contributed by atoms with E-state index >= 15 is 0 Å². The average molecular weight is 391 g/mol. The number of benzene rings is 2. The highest BCUT2D eigenvalue weighted by atomic mass is 19.4. The number of alkyl halides is 3. The van der Waals surface area contributed by atoms with Gasteiger partial charge in [0, 0.05) is 13.5 Å². The zero-order valence-corrected chi connectivity index (χ0v) is 15.3. The third kappa shape index (κ3) is 4.62. The van der Waals surface area contributed by atoms with E-state index in [2.05, 4.69) is 5.10 Å². The molecule has 0 aliphatic rings. The minimum absolute atomic E-state index is 0.0193. The number of aryl methyl sites for hydroxylation is 2. The van der Waals surface area contributed by atoms with Crippen molar-refractivity contribution in [2.75, 3.05) is 0 Å². The second kappa shape index (κ2) is 7.92.